The van der Waals surface area contributed by atoms with Crippen molar-refractivity contribution >= 4 is 26.7 Å². The van der Waals surface area contributed by atoms with E-state index in [1.165, 1.54) is 10.8 Å². The monoisotopic (exact) mass is 293 g/mol. The van der Waals surface area contributed by atoms with E-state index in [2.05, 4.69) is 39.6 Å². The SMILES string of the molecule is CONC1COc2c1cc1ccccc1c2Br. The topological polar surface area (TPSA) is 30.5 Å². The van der Waals surface area contributed by atoms with Gasteiger partial charge in [-0.05, 0) is 32.8 Å². The van der Waals surface area contributed by atoms with Gasteiger partial charge in [0.05, 0.1) is 17.6 Å². The zero-order valence-electron chi connectivity index (χ0n) is 9.37. The number of rotatable bonds is 2. The van der Waals surface area contributed by atoms with Crippen LogP contribution in [-0.4, -0.2) is 13.7 Å². The molecule has 0 radical (unpaired) electrons. The van der Waals surface area contributed by atoms with E-state index in [-0.39, 0.29) is 6.04 Å². The van der Waals surface area contributed by atoms with Crippen molar-refractivity contribution in [2.45, 2.75) is 6.04 Å². The van der Waals surface area contributed by atoms with E-state index in [4.69, 9.17) is 9.57 Å². The van der Waals surface area contributed by atoms with E-state index >= 15 is 0 Å². The zero-order chi connectivity index (χ0) is 11.8. The van der Waals surface area contributed by atoms with Crippen molar-refractivity contribution < 1.29 is 9.57 Å². The molecule has 0 amide bonds. The van der Waals surface area contributed by atoms with Gasteiger partial charge in [0.15, 0.2) is 0 Å². The van der Waals surface area contributed by atoms with Crippen molar-refractivity contribution in [2.75, 3.05) is 13.7 Å². The Balaban J connectivity index is 2.20. The summed E-state index contributed by atoms with van der Waals surface area (Å²) < 4.78 is 6.73. The van der Waals surface area contributed by atoms with E-state index < -0.39 is 0 Å². The highest BCUT2D eigenvalue weighted by atomic mass is 79.9. The predicted octanol–water partition coefficient (Wildman–Crippen LogP) is 3.19. The minimum absolute atomic E-state index is 0.0934. The molecule has 1 aliphatic heterocycles. The molecular weight excluding hydrogens is 282 g/mol. The first kappa shape index (κ1) is 11.0. The highest BCUT2D eigenvalue weighted by molar-refractivity contribution is 9.10. The van der Waals surface area contributed by atoms with Crippen LogP contribution in [-0.2, 0) is 4.84 Å². The Morgan fingerprint density at radius 2 is 2.24 bits per heavy atom. The van der Waals surface area contributed by atoms with Gasteiger partial charge in [0.2, 0.25) is 0 Å². The van der Waals surface area contributed by atoms with Crippen LogP contribution in [0, 0.1) is 0 Å². The molecule has 1 N–H and O–H groups in total. The van der Waals surface area contributed by atoms with Crippen LogP contribution in [0.5, 0.6) is 5.75 Å². The molecule has 0 aromatic heterocycles. The number of hydrogen-bond acceptors (Lipinski definition) is 3. The number of nitrogens with one attached hydrogen (secondary N) is 1. The first-order chi connectivity index (χ1) is 8.31. The lowest BCUT2D eigenvalue weighted by molar-refractivity contribution is 0.0536. The van der Waals surface area contributed by atoms with Crippen LogP contribution in [0.4, 0.5) is 0 Å². The molecule has 88 valence electrons. The van der Waals surface area contributed by atoms with Crippen LogP contribution in [0.1, 0.15) is 11.6 Å². The van der Waals surface area contributed by atoms with Crippen LogP contribution in [0.25, 0.3) is 10.8 Å². The van der Waals surface area contributed by atoms with E-state index in [0.717, 1.165) is 15.8 Å². The maximum atomic E-state index is 5.71. The normalized spacial score (nSPS) is 18.1. The van der Waals surface area contributed by atoms with Gasteiger partial charge in [-0.1, -0.05) is 24.3 Å². The van der Waals surface area contributed by atoms with E-state index in [0.29, 0.717) is 6.61 Å². The number of benzene rings is 2. The summed E-state index contributed by atoms with van der Waals surface area (Å²) in [6, 6.07) is 10.5. The van der Waals surface area contributed by atoms with E-state index in [1.54, 1.807) is 7.11 Å². The summed E-state index contributed by atoms with van der Waals surface area (Å²) in [5.74, 6) is 0.915. The number of fused-ring (bicyclic) bond motifs is 2. The van der Waals surface area contributed by atoms with Gasteiger partial charge in [0.1, 0.15) is 12.4 Å². The average Bonchev–Trinajstić information content (AvgIpc) is 2.74. The summed E-state index contributed by atoms with van der Waals surface area (Å²) in [4.78, 5) is 4.99. The molecule has 2 aromatic carbocycles. The molecule has 1 heterocycles. The molecular formula is C13H12BrNO2. The molecule has 0 saturated carbocycles. The molecule has 3 rings (SSSR count). The maximum absolute atomic E-state index is 5.71. The standard InChI is InChI=1S/C13H12BrNO2/c1-16-15-11-7-17-13-10(11)6-8-4-2-3-5-9(8)12(13)14/h2-6,11,15H,7H2,1H3. The van der Waals surface area contributed by atoms with Crippen molar-refractivity contribution in [3.05, 3.63) is 40.4 Å². The summed E-state index contributed by atoms with van der Waals surface area (Å²) in [7, 11) is 1.62. The Morgan fingerprint density at radius 3 is 3.06 bits per heavy atom. The highest BCUT2D eigenvalue weighted by Gasteiger charge is 2.27. The van der Waals surface area contributed by atoms with Gasteiger partial charge >= 0.3 is 0 Å². The second kappa shape index (κ2) is 4.29. The Hall–Kier alpha value is -1.10. The molecule has 1 atom stereocenters. The molecule has 2 aromatic rings. The van der Waals surface area contributed by atoms with Gasteiger partial charge in [0.25, 0.3) is 0 Å². The van der Waals surface area contributed by atoms with Crippen molar-refractivity contribution in [3.8, 4) is 5.75 Å². The Kier molecular flexibility index (Phi) is 2.78. The Morgan fingerprint density at radius 1 is 1.41 bits per heavy atom. The van der Waals surface area contributed by atoms with Crippen LogP contribution >= 0.6 is 15.9 Å². The lowest BCUT2D eigenvalue weighted by atomic mass is 10.0. The predicted molar refractivity (Wildman–Crippen MR) is 70.0 cm³/mol. The molecule has 0 saturated heterocycles. The molecule has 0 aliphatic carbocycles. The van der Waals surface area contributed by atoms with Crippen molar-refractivity contribution in [1.82, 2.24) is 5.48 Å². The van der Waals surface area contributed by atoms with Gasteiger partial charge in [-0.2, -0.15) is 5.48 Å². The molecule has 0 fully saturated rings. The minimum Gasteiger partial charge on any atom is -0.490 e. The molecule has 1 aliphatic rings. The van der Waals surface area contributed by atoms with Crippen LogP contribution < -0.4 is 10.2 Å². The van der Waals surface area contributed by atoms with E-state index in [1.807, 2.05) is 12.1 Å². The smallest absolute Gasteiger partial charge is 0.139 e. The van der Waals surface area contributed by atoms with Crippen LogP contribution in [0.2, 0.25) is 0 Å². The highest BCUT2D eigenvalue weighted by Crippen LogP contribution is 2.43. The summed E-state index contributed by atoms with van der Waals surface area (Å²) in [6.07, 6.45) is 0. The quantitative estimate of drug-likeness (QED) is 0.863. The summed E-state index contributed by atoms with van der Waals surface area (Å²) in [5.41, 5.74) is 4.08. The van der Waals surface area contributed by atoms with Gasteiger partial charge in [-0.3, -0.25) is 0 Å². The largest absolute Gasteiger partial charge is 0.490 e. The second-order valence-electron chi connectivity index (χ2n) is 4.02. The average molecular weight is 294 g/mol. The van der Waals surface area contributed by atoms with E-state index in [9.17, 15) is 0 Å². The summed E-state index contributed by atoms with van der Waals surface area (Å²) >= 11 is 3.62. The minimum atomic E-state index is 0.0934. The Bertz CT molecular complexity index is 571. The molecule has 3 nitrogen and oxygen atoms in total. The fourth-order valence-corrected chi connectivity index (χ4v) is 2.91. The molecule has 1 unspecified atom stereocenters. The van der Waals surface area contributed by atoms with Gasteiger partial charge in [-0.15, -0.1) is 0 Å². The summed E-state index contributed by atoms with van der Waals surface area (Å²) in [6.45, 7) is 0.595. The fourth-order valence-electron chi connectivity index (χ4n) is 2.21. The summed E-state index contributed by atoms with van der Waals surface area (Å²) in [5, 5.41) is 2.37. The number of hydrogen-bond donors (Lipinski definition) is 1. The molecule has 17 heavy (non-hydrogen) atoms. The first-order valence-corrected chi connectivity index (χ1v) is 6.23. The molecule has 0 spiro atoms. The third kappa shape index (κ3) is 1.73. The number of ether oxygens (including phenoxy) is 1. The number of halogens is 1. The van der Waals surface area contributed by atoms with Gasteiger partial charge in [0, 0.05) is 5.56 Å². The third-order valence-corrected chi connectivity index (χ3v) is 3.79. The lowest BCUT2D eigenvalue weighted by Crippen LogP contribution is -2.20. The van der Waals surface area contributed by atoms with Crippen molar-refractivity contribution in [1.29, 1.82) is 0 Å². The lowest BCUT2D eigenvalue weighted by Gasteiger charge is -2.10. The molecule has 4 heteroatoms. The van der Waals surface area contributed by atoms with Crippen LogP contribution in [0.3, 0.4) is 0 Å². The second-order valence-corrected chi connectivity index (χ2v) is 4.81. The maximum Gasteiger partial charge on any atom is 0.139 e. The third-order valence-electron chi connectivity index (χ3n) is 3.00. The first-order valence-electron chi connectivity index (χ1n) is 5.43. The van der Waals surface area contributed by atoms with Gasteiger partial charge < -0.3 is 9.57 Å². The van der Waals surface area contributed by atoms with Crippen LogP contribution in [0.15, 0.2) is 34.8 Å². The van der Waals surface area contributed by atoms with Crippen molar-refractivity contribution in [3.63, 3.8) is 0 Å². The zero-order valence-corrected chi connectivity index (χ0v) is 11.0. The van der Waals surface area contributed by atoms with Crippen molar-refractivity contribution in [2.24, 2.45) is 0 Å². The van der Waals surface area contributed by atoms with Gasteiger partial charge in [-0.25, -0.2) is 0 Å². The Labute approximate surface area is 108 Å². The fraction of sp³-hybridized carbons (Fsp3) is 0.231. The molecule has 0 bridgehead atoms. The number of hydroxylamine groups is 1.